The van der Waals surface area contributed by atoms with Crippen molar-refractivity contribution >= 4 is 22.8 Å². The number of rotatable bonds is 6. The molecule has 3 aliphatic rings. The Morgan fingerprint density at radius 2 is 2.08 bits per heavy atom. The predicted octanol–water partition coefficient (Wildman–Crippen LogP) is 2.97. The van der Waals surface area contributed by atoms with Gasteiger partial charge in [-0.05, 0) is 69.0 Å². The van der Waals surface area contributed by atoms with E-state index in [-0.39, 0.29) is 54.0 Å². The van der Waals surface area contributed by atoms with Crippen molar-refractivity contribution in [3.8, 4) is 11.4 Å². The highest BCUT2D eigenvalue weighted by molar-refractivity contribution is 5.94. The van der Waals surface area contributed by atoms with E-state index in [2.05, 4.69) is 5.32 Å². The molecule has 1 aromatic carbocycles. The Morgan fingerprint density at radius 3 is 2.80 bits per heavy atom. The zero-order chi connectivity index (χ0) is 28.5. The maximum absolute atomic E-state index is 15.1. The smallest absolute Gasteiger partial charge is 0.343 e. The number of nitrogens with one attached hydrogen (secondary N) is 1. The van der Waals surface area contributed by atoms with Crippen LogP contribution in [0.5, 0.6) is 0 Å². The fourth-order valence-corrected chi connectivity index (χ4v) is 6.68. The highest BCUT2D eigenvalue weighted by Gasteiger charge is 2.46. The fraction of sp³-hybridized carbons (Fsp3) is 0.467. The van der Waals surface area contributed by atoms with Crippen LogP contribution in [0.15, 0.2) is 16.9 Å². The van der Waals surface area contributed by atoms with E-state index >= 15 is 4.39 Å². The third kappa shape index (κ3) is 3.65. The van der Waals surface area contributed by atoms with Gasteiger partial charge in [-0.3, -0.25) is 9.59 Å². The van der Waals surface area contributed by atoms with Gasteiger partial charge in [0.1, 0.15) is 12.4 Å². The van der Waals surface area contributed by atoms with Crippen LogP contribution < -0.4 is 10.9 Å². The highest BCUT2D eigenvalue weighted by Crippen LogP contribution is 2.47. The summed E-state index contributed by atoms with van der Waals surface area (Å²) in [6, 6.07) is 2.82. The lowest BCUT2D eigenvalue weighted by atomic mass is 9.81. The molecule has 2 N–H and O–H groups in total. The molecule has 0 spiro atoms. The average Bonchev–Trinajstić information content (AvgIpc) is 3.32. The number of aliphatic hydroxyl groups is 1. The SMILES string of the molecule is CC[C@@]1(O)C(=O)OCc2c1cc1n(c2=O)Cc2c-1nc1cc(F)c(C)c3c1c2[C@@H](N(C)C(=O)CCCNC)CC3. The van der Waals surface area contributed by atoms with Gasteiger partial charge in [0.2, 0.25) is 5.91 Å². The standard InChI is InChI=1S/C30H33FN4O5/c1-5-30(39)19-11-23-27-17(13-35(23)28(37)18(19)14-40-29(30)38)26-22(34(4)24(36)7-6-10-32-3)9-8-16-15(2)20(31)12-21(33-27)25(16)26/h11-12,22,32,39H,5-10,13-14H2,1-4H3/t22-,30-/m0/s1. The van der Waals surface area contributed by atoms with Crippen LogP contribution in [0.3, 0.4) is 0 Å². The minimum Gasteiger partial charge on any atom is -0.458 e. The van der Waals surface area contributed by atoms with Crippen LogP contribution in [0.2, 0.25) is 0 Å². The Labute approximate surface area is 231 Å². The Bertz CT molecular complexity index is 1660. The van der Waals surface area contributed by atoms with Crippen molar-refractivity contribution in [2.45, 2.75) is 70.7 Å². The number of halogens is 1. The number of carbonyl (C=O) groups is 2. The molecule has 1 amide bonds. The average molecular weight is 549 g/mol. The number of hydrogen-bond acceptors (Lipinski definition) is 7. The number of esters is 1. The molecule has 0 unspecified atom stereocenters. The molecule has 0 fully saturated rings. The molecule has 9 nitrogen and oxygen atoms in total. The summed E-state index contributed by atoms with van der Waals surface area (Å²) in [4.78, 5) is 46.2. The number of aryl methyl sites for hydroxylation is 1. The molecule has 0 bridgehead atoms. The molecular weight excluding hydrogens is 515 g/mol. The first-order chi connectivity index (χ1) is 19.1. The summed E-state index contributed by atoms with van der Waals surface area (Å²) in [7, 11) is 3.66. The molecule has 2 atom stereocenters. The van der Waals surface area contributed by atoms with Crippen LogP contribution in [0.25, 0.3) is 22.3 Å². The van der Waals surface area contributed by atoms with E-state index in [1.54, 1.807) is 29.4 Å². The van der Waals surface area contributed by atoms with Crippen molar-refractivity contribution in [2.24, 2.45) is 0 Å². The van der Waals surface area contributed by atoms with Crippen LogP contribution in [0, 0.1) is 12.7 Å². The Balaban J connectivity index is 1.58. The number of benzene rings is 1. The van der Waals surface area contributed by atoms with Gasteiger partial charge < -0.3 is 24.6 Å². The highest BCUT2D eigenvalue weighted by atomic mass is 19.1. The zero-order valence-corrected chi connectivity index (χ0v) is 23.2. The van der Waals surface area contributed by atoms with Gasteiger partial charge in [0.15, 0.2) is 5.60 Å². The maximum Gasteiger partial charge on any atom is 0.343 e. The van der Waals surface area contributed by atoms with Gasteiger partial charge in [0.05, 0.1) is 35.1 Å². The van der Waals surface area contributed by atoms with Crippen molar-refractivity contribution < 1.29 is 23.8 Å². The van der Waals surface area contributed by atoms with E-state index < -0.39 is 11.6 Å². The molecule has 3 aromatic rings. The summed E-state index contributed by atoms with van der Waals surface area (Å²) in [6.07, 6.45) is 2.38. The van der Waals surface area contributed by atoms with Crippen molar-refractivity contribution in [3.05, 3.63) is 61.7 Å². The number of carbonyl (C=O) groups excluding carboxylic acids is 2. The van der Waals surface area contributed by atoms with Crippen molar-refractivity contribution in [2.75, 3.05) is 20.6 Å². The molecule has 210 valence electrons. The molecule has 4 heterocycles. The van der Waals surface area contributed by atoms with Crippen molar-refractivity contribution in [1.29, 1.82) is 0 Å². The summed E-state index contributed by atoms with van der Waals surface area (Å²) >= 11 is 0. The molecule has 6 rings (SSSR count). The lowest BCUT2D eigenvalue weighted by molar-refractivity contribution is -0.172. The molecule has 0 saturated carbocycles. The summed E-state index contributed by atoms with van der Waals surface area (Å²) < 4.78 is 21.9. The first-order valence-corrected chi connectivity index (χ1v) is 13.8. The molecule has 1 aliphatic carbocycles. The van der Waals surface area contributed by atoms with Crippen molar-refractivity contribution in [1.82, 2.24) is 19.8 Å². The fourth-order valence-electron chi connectivity index (χ4n) is 6.68. The van der Waals surface area contributed by atoms with E-state index in [4.69, 9.17) is 9.72 Å². The van der Waals surface area contributed by atoms with Gasteiger partial charge in [-0.15, -0.1) is 0 Å². The van der Waals surface area contributed by atoms with E-state index in [1.807, 2.05) is 14.1 Å². The number of ether oxygens (including phenoxy) is 1. The largest absolute Gasteiger partial charge is 0.458 e. The van der Waals surface area contributed by atoms with Crippen molar-refractivity contribution in [3.63, 3.8) is 0 Å². The van der Waals surface area contributed by atoms with Gasteiger partial charge >= 0.3 is 5.97 Å². The van der Waals surface area contributed by atoms with E-state index in [1.165, 1.54) is 6.07 Å². The molecule has 0 radical (unpaired) electrons. The number of nitrogens with zero attached hydrogens (tertiary/aromatic N) is 3. The summed E-state index contributed by atoms with van der Waals surface area (Å²) in [5, 5.41) is 15.1. The lowest BCUT2D eigenvalue weighted by Crippen LogP contribution is -2.44. The van der Waals surface area contributed by atoms with Crippen LogP contribution in [-0.4, -0.2) is 52.1 Å². The maximum atomic E-state index is 15.1. The molecule has 2 aliphatic heterocycles. The third-order valence-corrected chi connectivity index (χ3v) is 9.03. The monoisotopic (exact) mass is 548 g/mol. The first kappa shape index (κ1) is 26.6. The normalized spacial score (nSPS) is 20.6. The van der Waals surface area contributed by atoms with Crippen LogP contribution >= 0.6 is 0 Å². The molecular formula is C30H33FN4O5. The number of amides is 1. The van der Waals surface area contributed by atoms with Gasteiger partial charge in [-0.2, -0.15) is 0 Å². The molecule has 10 heteroatoms. The van der Waals surface area contributed by atoms with Crippen LogP contribution in [0.1, 0.15) is 72.0 Å². The lowest BCUT2D eigenvalue weighted by Gasteiger charge is -2.35. The van der Waals surface area contributed by atoms with Crippen LogP contribution in [0.4, 0.5) is 4.39 Å². The number of aromatic nitrogens is 2. The van der Waals surface area contributed by atoms with Gasteiger partial charge in [-0.25, -0.2) is 14.2 Å². The van der Waals surface area contributed by atoms with E-state index in [0.29, 0.717) is 48.2 Å². The predicted molar refractivity (Wildman–Crippen MR) is 146 cm³/mol. The van der Waals surface area contributed by atoms with Gasteiger partial charge in [-0.1, -0.05) is 6.92 Å². The van der Waals surface area contributed by atoms with Gasteiger partial charge in [0, 0.05) is 36.0 Å². The minimum atomic E-state index is -1.94. The Hall–Kier alpha value is -3.63. The van der Waals surface area contributed by atoms with Gasteiger partial charge in [0.25, 0.3) is 5.56 Å². The molecule has 40 heavy (non-hydrogen) atoms. The third-order valence-electron chi connectivity index (χ3n) is 9.03. The topological polar surface area (TPSA) is 114 Å². The second-order valence-electron chi connectivity index (χ2n) is 11.1. The summed E-state index contributed by atoms with van der Waals surface area (Å²) in [5.74, 6) is -1.11. The summed E-state index contributed by atoms with van der Waals surface area (Å²) in [6.45, 7) is 4.17. The Morgan fingerprint density at radius 1 is 1.30 bits per heavy atom. The molecule has 0 saturated heterocycles. The minimum absolute atomic E-state index is 0.0214. The van der Waals surface area contributed by atoms with Crippen LogP contribution in [-0.2, 0) is 39.5 Å². The first-order valence-electron chi connectivity index (χ1n) is 13.8. The summed E-state index contributed by atoms with van der Waals surface area (Å²) in [5.41, 5.74) is 2.80. The number of hydrogen-bond donors (Lipinski definition) is 2. The van der Waals surface area contributed by atoms with E-state index in [0.717, 1.165) is 28.6 Å². The number of fused-ring (bicyclic) bond motifs is 5. The number of cyclic esters (lactones) is 1. The zero-order valence-electron chi connectivity index (χ0n) is 23.2. The van der Waals surface area contributed by atoms with E-state index in [9.17, 15) is 19.5 Å². The second-order valence-corrected chi connectivity index (χ2v) is 11.1. The second kappa shape index (κ2) is 9.49. The quantitative estimate of drug-likeness (QED) is 0.281. The molecule has 2 aromatic heterocycles. The Kier molecular flexibility index (Phi) is 6.30. The number of pyridine rings is 2.